The first-order valence-corrected chi connectivity index (χ1v) is 5.76. The van der Waals surface area contributed by atoms with Crippen molar-refractivity contribution in [2.75, 3.05) is 23.7 Å². The molecule has 0 aliphatic rings. The topological polar surface area (TPSA) is 53.0 Å². The van der Waals surface area contributed by atoms with Crippen LogP contribution in [0, 0.1) is 23.1 Å². The van der Waals surface area contributed by atoms with Gasteiger partial charge in [0.15, 0.2) is 0 Å². The van der Waals surface area contributed by atoms with Gasteiger partial charge in [0.25, 0.3) is 0 Å². The van der Waals surface area contributed by atoms with E-state index in [0.717, 1.165) is 0 Å². The van der Waals surface area contributed by atoms with Gasteiger partial charge in [-0.15, -0.1) is 0 Å². The van der Waals surface area contributed by atoms with E-state index in [9.17, 15) is 4.39 Å². The van der Waals surface area contributed by atoms with Crippen LogP contribution in [0.25, 0.3) is 0 Å². The van der Waals surface area contributed by atoms with Gasteiger partial charge in [0.05, 0.1) is 28.4 Å². The Bertz CT molecular complexity index is 442. The third-order valence-corrected chi connectivity index (χ3v) is 2.80. The Morgan fingerprint density at radius 1 is 1.59 bits per heavy atom. The van der Waals surface area contributed by atoms with Crippen LogP contribution in [0.3, 0.4) is 0 Å². The molecule has 1 atom stereocenters. The molecule has 92 valence electrons. The number of halogens is 2. The van der Waals surface area contributed by atoms with Gasteiger partial charge in [0.1, 0.15) is 5.82 Å². The number of nitriles is 1. The van der Waals surface area contributed by atoms with Crippen LogP contribution in [0.2, 0.25) is 5.02 Å². The zero-order chi connectivity index (χ0) is 13.0. The molecule has 0 aromatic heterocycles. The molecule has 0 saturated heterocycles. The van der Waals surface area contributed by atoms with Gasteiger partial charge in [0.2, 0.25) is 0 Å². The van der Waals surface area contributed by atoms with E-state index in [-0.39, 0.29) is 10.9 Å². The lowest BCUT2D eigenvalue weighted by atomic mass is 10.1. The molecule has 17 heavy (non-hydrogen) atoms. The van der Waals surface area contributed by atoms with Crippen molar-refractivity contribution in [2.24, 2.45) is 5.92 Å². The van der Waals surface area contributed by atoms with Crippen LogP contribution >= 0.6 is 11.6 Å². The first kappa shape index (κ1) is 13.6. The molecule has 1 aromatic rings. The van der Waals surface area contributed by atoms with Crippen molar-refractivity contribution in [1.29, 1.82) is 5.26 Å². The standard InChI is InChI=1S/C12H15ClFN3/c1-3-17(7-8(2)6-15)12-5-10(14)9(13)4-11(12)16/h4-5,8H,3,7,16H2,1-2H3. The van der Waals surface area contributed by atoms with Crippen LogP contribution in [0.5, 0.6) is 0 Å². The number of hydrogen-bond donors (Lipinski definition) is 1. The average molecular weight is 256 g/mol. The Morgan fingerprint density at radius 3 is 2.76 bits per heavy atom. The second-order valence-corrected chi connectivity index (χ2v) is 4.30. The number of nitrogens with two attached hydrogens (primary N) is 1. The maximum Gasteiger partial charge on any atom is 0.144 e. The van der Waals surface area contributed by atoms with Crippen molar-refractivity contribution >= 4 is 23.0 Å². The summed E-state index contributed by atoms with van der Waals surface area (Å²) >= 11 is 5.64. The quantitative estimate of drug-likeness (QED) is 0.842. The van der Waals surface area contributed by atoms with E-state index < -0.39 is 5.82 Å². The summed E-state index contributed by atoms with van der Waals surface area (Å²) in [5, 5.41) is 8.80. The first-order chi connectivity index (χ1) is 7.99. The van der Waals surface area contributed by atoms with E-state index in [0.29, 0.717) is 24.5 Å². The second kappa shape index (κ2) is 5.74. The highest BCUT2D eigenvalue weighted by molar-refractivity contribution is 6.31. The largest absolute Gasteiger partial charge is 0.397 e. The molecule has 0 saturated carbocycles. The van der Waals surface area contributed by atoms with Crippen molar-refractivity contribution in [2.45, 2.75) is 13.8 Å². The van der Waals surface area contributed by atoms with Crippen LogP contribution < -0.4 is 10.6 Å². The molecule has 1 rings (SSSR count). The third-order valence-electron chi connectivity index (χ3n) is 2.51. The number of benzene rings is 1. The molecule has 0 aliphatic heterocycles. The van der Waals surface area contributed by atoms with Crippen molar-refractivity contribution in [3.63, 3.8) is 0 Å². The summed E-state index contributed by atoms with van der Waals surface area (Å²) in [5.74, 6) is -0.646. The molecular formula is C12H15ClFN3. The summed E-state index contributed by atoms with van der Waals surface area (Å²) < 4.78 is 13.4. The number of anilines is 2. The smallest absolute Gasteiger partial charge is 0.144 e. The maximum atomic E-state index is 13.4. The minimum absolute atomic E-state index is 0.00985. The van der Waals surface area contributed by atoms with Gasteiger partial charge >= 0.3 is 0 Å². The third kappa shape index (κ3) is 3.24. The molecule has 0 amide bonds. The minimum Gasteiger partial charge on any atom is -0.397 e. The lowest BCUT2D eigenvalue weighted by Crippen LogP contribution is -2.28. The molecule has 1 aromatic carbocycles. The zero-order valence-electron chi connectivity index (χ0n) is 9.87. The number of rotatable bonds is 4. The van der Waals surface area contributed by atoms with Crippen LogP contribution in [-0.4, -0.2) is 13.1 Å². The summed E-state index contributed by atoms with van der Waals surface area (Å²) in [6, 6.07) is 4.85. The second-order valence-electron chi connectivity index (χ2n) is 3.89. The monoisotopic (exact) mass is 255 g/mol. The highest BCUT2D eigenvalue weighted by Gasteiger charge is 2.14. The van der Waals surface area contributed by atoms with E-state index in [1.54, 1.807) is 0 Å². The van der Waals surface area contributed by atoms with E-state index in [4.69, 9.17) is 22.6 Å². The first-order valence-electron chi connectivity index (χ1n) is 5.38. The molecule has 1 unspecified atom stereocenters. The molecule has 0 heterocycles. The van der Waals surface area contributed by atoms with Gasteiger partial charge < -0.3 is 10.6 Å². The van der Waals surface area contributed by atoms with E-state index in [1.807, 2.05) is 18.7 Å². The maximum absolute atomic E-state index is 13.4. The van der Waals surface area contributed by atoms with E-state index >= 15 is 0 Å². The molecule has 0 fully saturated rings. The van der Waals surface area contributed by atoms with Crippen molar-refractivity contribution in [3.05, 3.63) is 23.0 Å². The van der Waals surface area contributed by atoms with Crippen LogP contribution in [-0.2, 0) is 0 Å². The molecular weight excluding hydrogens is 241 g/mol. The van der Waals surface area contributed by atoms with Crippen molar-refractivity contribution in [3.8, 4) is 6.07 Å². The Balaban J connectivity index is 3.04. The van der Waals surface area contributed by atoms with E-state index in [1.165, 1.54) is 12.1 Å². The normalized spacial score (nSPS) is 11.9. The molecule has 0 spiro atoms. The van der Waals surface area contributed by atoms with Crippen LogP contribution in [0.15, 0.2) is 12.1 Å². The van der Waals surface area contributed by atoms with Gasteiger partial charge in [-0.1, -0.05) is 11.6 Å². The van der Waals surface area contributed by atoms with Crippen molar-refractivity contribution in [1.82, 2.24) is 0 Å². The lowest BCUT2D eigenvalue weighted by molar-refractivity contribution is 0.625. The fraction of sp³-hybridized carbons (Fsp3) is 0.417. The van der Waals surface area contributed by atoms with Crippen LogP contribution in [0.1, 0.15) is 13.8 Å². The lowest BCUT2D eigenvalue weighted by Gasteiger charge is -2.25. The highest BCUT2D eigenvalue weighted by Crippen LogP contribution is 2.29. The molecule has 0 radical (unpaired) electrons. The Labute approximate surface area is 106 Å². The Hall–Kier alpha value is -1.47. The predicted molar refractivity (Wildman–Crippen MR) is 68.5 cm³/mol. The molecule has 5 heteroatoms. The zero-order valence-corrected chi connectivity index (χ0v) is 10.6. The Kier molecular flexibility index (Phi) is 4.59. The summed E-state index contributed by atoms with van der Waals surface area (Å²) in [5.41, 5.74) is 6.81. The van der Waals surface area contributed by atoms with Gasteiger partial charge in [-0.2, -0.15) is 5.26 Å². The fourth-order valence-corrected chi connectivity index (χ4v) is 1.77. The fourth-order valence-electron chi connectivity index (χ4n) is 1.59. The van der Waals surface area contributed by atoms with E-state index in [2.05, 4.69) is 6.07 Å². The van der Waals surface area contributed by atoms with Crippen LogP contribution in [0.4, 0.5) is 15.8 Å². The molecule has 3 nitrogen and oxygen atoms in total. The van der Waals surface area contributed by atoms with Gasteiger partial charge in [-0.05, 0) is 19.9 Å². The summed E-state index contributed by atoms with van der Waals surface area (Å²) in [6.45, 7) is 4.90. The number of nitrogen functional groups attached to an aromatic ring is 1. The molecule has 0 aliphatic carbocycles. The van der Waals surface area contributed by atoms with Crippen molar-refractivity contribution < 1.29 is 4.39 Å². The van der Waals surface area contributed by atoms with Gasteiger partial charge in [0, 0.05) is 19.2 Å². The highest BCUT2D eigenvalue weighted by atomic mass is 35.5. The molecule has 2 N–H and O–H groups in total. The molecule has 0 bridgehead atoms. The average Bonchev–Trinajstić information content (AvgIpc) is 2.30. The summed E-state index contributed by atoms with van der Waals surface area (Å²) in [6.07, 6.45) is 0. The SMILES string of the molecule is CCN(CC(C)C#N)c1cc(F)c(Cl)cc1N. The summed E-state index contributed by atoms with van der Waals surface area (Å²) in [4.78, 5) is 1.86. The predicted octanol–water partition coefficient (Wildman–Crippen LogP) is 3.05. The van der Waals surface area contributed by atoms with Gasteiger partial charge in [-0.3, -0.25) is 0 Å². The Morgan fingerprint density at radius 2 is 2.24 bits per heavy atom. The summed E-state index contributed by atoms with van der Waals surface area (Å²) in [7, 11) is 0. The van der Waals surface area contributed by atoms with Gasteiger partial charge in [-0.25, -0.2) is 4.39 Å². The minimum atomic E-state index is -0.501. The number of hydrogen-bond acceptors (Lipinski definition) is 3. The number of nitrogens with zero attached hydrogens (tertiary/aromatic N) is 2.